The molecular weight excluding hydrogens is 410 g/mol. The van der Waals surface area contributed by atoms with Gasteiger partial charge in [0.05, 0.1) is 0 Å². The summed E-state index contributed by atoms with van der Waals surface area (Å²) in [4.78, 5) is 75.9. The molecule has 0 saturated carbocycles. The summed E-state index contributed by atoms with van der Waals surface area (Å²) in [6, 6.07) is 1.61. The number of hydrogen-bond donors (Lipinski definition) is 6. The molecular formula is C18H13N7O6. The molecule has 31 heavy (non-hydrogen) atoms. The number of hydrogen-bond acceptors (Lipinski definition) is 7. The lowest BCUT2D eigenvalue weighted by molar-refractivity contribution is 1.02. The second-order valence-electron chi connectivity index (χ2n) is 5.09. The van der Waals surface area contributed by atoms with Crippen molar-refractivity contribution in [2.24, 2.45) is 0 Å². The van der Waals surface area contributed by atoms with Gasteiger partial charge in [-0.25, -0.2) is 14.4 Å². The topological polar surface area (TPSA) is 221 Å². The van der Waals surface area contributed by atoms with Gasteiger partial charge in [0.1, 0.15) is 22.8 Å². The Balaban J connectivity index is 0.000000233. The molecule has 3 rings (SSSR count). The summed E-state index contributed by atoms with van der Waals surface area (Å²) in [7, 11) is 0. The number of nitriles is 1. The van der Waals surface area contributed by atoms with Gasteiger partial charge in [0.25, 0.3) is 16.7 Å². The van der Waals surface area contributed by atoms with Crippen molar-refractivity contribution in [2.45, 2.75) is 6.92 Å². The van der Waals surface area contributed by atoms with Gasteiger partial charge in [-0.05, 0) is 6.92 Å². The minimum Gasteiger partial charge on any atom is -0.313 e. The fourth-order valence-electron chi connectivity index (χ4n) is 1.65. The summed E-state index contributed by atoms with van der Waals surface area (Å²) >= 11 is 0. The Morgan fingerprint density at radius 1 is 0.710 bits per heavy atom. The molecule has 0 aliphatic carbocycles. The lowest BCUT2D eigenvalue weighted by Gasteiger charge is -1.84. The Hall–Kier alpha value is -5.35. The predicted molar refractivity (Wildman–Crippen MR) is 108 cm³/mol. The number of rotatable bonds is 0. The molecule has 0 bridgehead atoms. The quantitative estimate of drug-likeness (QED) is 0.212. The molecule has 13 nitrogen and oxygen atoms in total. The normalized spacial score (nSPS) is 8.61. The van der Waals surface area contributed by atoms with E-state index in [-0.39, 0.29) is 16.7 Å². The second kappa shape index (κ2) is 11.5. The van der Waals surface area contributed by atoms with Crippen LogP contribution in [0.25, 0.3) is 0 Å². The van der Waals surface area contributed by atoms with Crippen LogP contribution in [-0.2, 0) is 0 Å². The van der Waals surface area contributed by atoms with Gasteiger partial charge in [-0.2, -0.15) is 5.26 Å². The number of terminal acetylenes is 1. The number of aromatic amines is 6. The summed E-state index contributed by atoms with van der Waals surface area (Å²) < 4.78 is 0. The summed E-state index contributed by atoms with van der Waals surface area (Å²) in [6.07, 6.45) is 8.46. The monoisotopic (exact) mass is 423 g/mol. The number of aromatic nitrogens is 6. The maximum Gasteiger partial charge on any atom is 0.325 e. The van der Waals surface area contributed by atoms with E-state index in [0.717, 1.165) is 6.20 Å². The molecule has 0 unspecified atom stereocenters. The third-order valence-corrected chi connectivity index (χ3v) is 2.99. The summed E-state index contributed by atoms with van der Waals surface area (Å²) in [5.74, 6) is 7.20. The van der Waals surface area contributed by atoms with Crippen molar-refractivity contribution in [3.05, 3.63) is 97.8 Å². The molecule has 6 N–H and O–H groups in total. The molecule has 0 spiro atoms. The zero-order chi connectivity index (χ0) is 23.4. The van der Waals surface area contributed by atoms with Crippen LogP contribution >= 0.6 is 0 Å². The zero-order valence-corrected chi connectivity index (χ0v) is 15.7. The number of H-pyrrole nitrogens is 6. The molecule has 3 aromatic rings. The Morgan fingerprint density at radius 3 is 1.42 bits per heavy atom. The maximum absolute atomic E-state index is 10.9. The smallest absolute Gasteiger partial charge is 0.313 e. The van der Waals surface area contributed by atoms with E-state index in [2.05, 4.69) is 37.7 Å². The first-order chi connectivity index (χ1) is 14.7. The van der Waals surface area contributed by atoms with E-state index in [1.165, 1.54) is 12.4 Å². The first-order valence-corrected chi connectivity index (χ1v) is 7.97. The Morgan fingerprint density at radius 2 is 1.10 bits per heavy atom. The van der Waals surface area contributed by atoms with Crippen molar-refractivity contribution in [2.75, 3.05) is 0 Å². The molecule has 0 aliphatic rings. The van der Waals surface area contributed by atoms with Crippen molar-refractivity contribution >= 4 is 0 Å². The minimum atomic E-state index is -0.661. The van der Waals surface area contributed by atoms with Crippen LogP contribution in [0.3, 0.4) is 0 Å². The molecule has 0 aliphatic heterocycles. The average Bonchev–Trinajstić information content (AvgIpc) is 2.71. The summed E-state index contributed by atoms with van der Waals surface area (Å²) in [5.41, 5.74) is -3.03. The van der Waals surface area contributed by atoms with Crippen LogP contribution in [0, 0.1) is 35.5 Å². The second-order valence-corrected chi connectivity index (χ2v) is 5.09. The van der Waals surface area contributed by atoms with E-state index in [0.29, 0.717) is 0 Å². The van der Waals surface area contributed by atoms with Crippen molar-refractivity contribution in [1.29, 1.82) is 5.26 Å². The van der Waals surface area contributed by atoms with E-state index < -0.39 is 33.7 Å². The van der Waals surface area contributed by atoms with E-state index in [1.807, 2.05) is 9.97 Å². The van der Waals surface area contributed by atoms with Crippen LogP contribution in [0.2, 0.25) is 0 Å². The van der Waals surface area contributed by atoms with Gasteiger partial charge in [0, 0.05) is 18.6 Å². The molecule has 3 aromatic heterocycles. The van der Waals surface area contributed by atoms with Crippen LogP contribution in [0.5, 0.6) is 0 Å². The standard InChI is InChI=1S/C7H6N2O2.C6H4N2O2.C5H3N3O2/c1-2-3-5-4-8-7(11)9-6(5)10;1-2-4-3-7-6(10)8-5(4)9;6-1-3-2-7-5(10)8-4(3)9/h4H,1H3,(H2,8,9,10,11);1,3H,(H2,7,8,9,10);2H,(H2,7,8,9,10). The summed E-state index contributed by atoms with van der Waals surface area (Å²) in [6.45, 7) is 1.62. The van der Waals surface area contributed by atoms with Crippen LogP contribution in [0.4, 0.5) is 0 Å². The van der Waals surface area contributed by atoms with E-state index in [1.54, 1.807) is 13.0 Å². The lowest BCUT2D eigenvalue weighted by Crippen LogP contribution is -2.23. The molecule has 0 amide bonds. The van der Waals surface area contributed by atoms with Crippen molar-refractivity contribution in [3.63, 3.8) is 0 Å². The van der Waals surface area contributed by atoms with Crippen LogP contribution in [-0.4, -0.2) is 29.9 Å². The third-order valence-electron chi connectivity index (χ3n) is 2.99. The molecule has 0 atom stereocenters. The fraction of sp³-hybridized carbons (Fsp3) is 0.0556. The predicted octanol–water partition coefficient (Wildman–Crippen LogP) is -2.59. The van der Waals surface area contributed by atoms with Gasteiger partial charge >= 0.3 is 17.1 Å². The molecule has 3 heterocycles. The first kappa shape index (κ1) is 23.7. The van der Waals surface area contributed by atoms with Crippen molar-refractivity contribution in [3.8, 4) is 30.3 Å². The molecule has 0 fully saturated rings. The Bertz CT molecular complexity index is 1480. The van der Waals surface area contributed by atoms with Gasteiger partial charge in [-0.15, -0.1) is 12.3 Å². The number of nitrogens with one attached hydrogen (secondary N) is 6. The SMILES string of the molecule is C#Cc1c[nH]c(=O)[nH]c1=O.CC#Cc1c[nH]c(=O)[nH]c1=O.N#Cc1c[nH]c(=O)[nH]c1=O. The van der Waals surface area contributed by atoms with Crippen molar-refractivity contribution < 1.29 is 0 Å². The lowest BCUT2D eigenvalue weighted by atomic mass is 10.3. The van der Waals surface area contributed by atoms with Crippen LogP contribution in [0.15, 0.2) is 47.4 Å². The van der Waals surface area contributed by atoms with Gasteiger partial charge in [0.2, 0.25) is 0 Å². The zero-order valence-electron chi connectivity index (χ0n) is 15.7. The highest BCUT2D eigenvalue weighted by Crippen LogP contribution is 1.77. The van der Waals surface area contributed by atoms with Crippen molar-refractivity contribution in [1.82, 2.24) is 29.9 Å². The average molecular weight is 423 g/mol. The number of nitrogens with zero attached hydrogens (tertiary/aromatic N) is 1. The summed E-state index contributed by atoms with van der Waals surface area (Å²) in [5, 5.41) is 8.22. The van der Waals surface area contributed by atoms with Crippen LogP contribution in [0.1, 0.15) is 23.6 Å². The third kappa shape index (κ3) is 7.65. The molecule has 0 aromatic carbocycles. The van der Waals surface area contributed by atoms with Gasteiger partial charge in [0.15, 0.2) is 0 Å². The van der Waals surface area contributed by atoms with Gasteiger partial charge in [-0.3, -0.25) is 29.3 Å². The molecule has 156 valence electrons. The molecule has 0 saturated heterocycles. The van der Waals surface area contributed by atoms with E-state index >= 15 is 0 Å². The maximum atomic E-state index is 10.9. The highest BCUT2D eigenvalue weighted by molar-refractivity contribution is 5.28. The van der Waals surface area contributed by atoms with E-state index in [4.69, 9.17) is 11.7 Å². The first-order valence-electron chi connectivity index (χ1n) is 7.97. The minimum absolute atomic E-state index is 0.0976. The Labute approximate surface area is 170 Å². The van der Waals surface area contributed by atoms with E-state index in [9.17, 15) is 28.8 Å². The van der Waals surface area contributed by atoms with Gasteiger partial charge < -0.3 is 15.0 Å². The molecule has 13 heteroatoms. The van der Waals surface area contributed by atoms with Gasteiger partial charge in [-0.1, -0.05) is 11.8 Å². The molecule has 0 radical (unpaired) electrons. The highest BCUT2D eigenvalue weighted by atomic mass is 16.2. The fourth-order valence-corrected chi connectivity index (χ4v) is 1.65. The highest BCUT2D eigenvalue weighted by Gasteiger charge is 1.95. The Kier molecular flexibility index (Phi) is 8.78. The largest absolute Gasteiger partial charge is 0.325 e. The van der Waals surface area contributed by atoms with Crippen LogP contribution < -0.4 is 33.7 Å².